The molecule has 0 aromatic rings. The SMILES string of the molecule is CCNC(C)C1CN(C(C)C)CCO1. The van der Waals surface area contributed by atoms with Gasteiger partial charge in [-0.1, -0.05) is 6.92 Å². The van der Waals surface area contributed by atoms with Crippen LogP contribution in [0.2, 0.25) is 0 Å². The van der Waals surface area contributed by atoms with E-state index >= 15 is 0 Å². The van der Waals surface area contributed by atoms with E-state index in [1.807, 2.05) is 0 Å². The quantitative estimate of drug-likeness (QED) is 0.735. The van der Waals surface area contributed by atoms with Crippen molar-refractivity contribution >= 4 is 0 Å². The standard InChI is InChI=1S/C11H24N2O/c1-5-12-10(4)11-8-13(9(2)3)6-7-14-11/h9-12H,5-8H2,1-4H3. The number of rotatable bonds is 4. The molecule has 0 spiro atoms. The number of nitrogens with zero attached hydrogens (tertiary/aromatic N) is 1. The summed E-state index contributed by atoms with van der Waals surface area (Å²) in [6, 6.07) is 1.09. The fourth-order valence-electron chi connectivity index (χ4n) is 1.92. The molecule has 0 aliphatic carbocycles. The molecule has 14 heavy (non-hydrogen) atoms. The van der Waals surface area contributed by atoms with Gasteiger partial charge in [-0.2, -0.15) is 0 Å². The van der Waals surface area contributed by atoms with Gasteiger partial charge in [-0.15, -0.1) is 0 Å². The van der Waals surface area contributed by atoms with Gasteiger partial charge in [0.05, 0.1) is 12.7 Å². The number of ether oxygens (including phenoxy) is 1. The number of hydrogen-bond donors (Lipinski definition) is 1. The van der Waals surface area contributed by atoms with Gasteiger partial charge in [0.2, 0.25) is 0 Å². The molecule has 0 amide bonds. The van der Waals surface area contributed by atoms with Gasteiger partial charge in [-0.3, -0.25) is 4.90 Å². The number of nitrogens with one attached hydrogen (secondary N) is 1. The normalized spacial score (nSPS) is 26.8. The molecule has 2 unspecified atom stereocenters. The smallest absolute Gasteiger partial charge is 0.0852 e. The van der Waals surface area contributed by atoms with Crippen LogP contribution in [0.4, 0.5) is 0 Å². The largest absolute Gasteiger partial charge is 0.374 e. The van der Waals surface area contributed by atoms with Crippen molar-refractivity contribution in [1.29, 1.82) is 0 Å². The molecule has 0 aromatic heterocycles. The molecule has 0 radical (unpaired) electrons. The van der Waals surface area contributed by atoms with Crippen LogP contribution in [-0.2, 0) is 4.74 Å². The van der Waals surface area contributed by atoms with Crippen LogP contribution in [0.5, 0.6) is 0 Å². The van der Waals surface area contributed by atoms with E-state index in [0.717, 1.165) is 26.2 Å². The van der Waals surface area contributed by atoms with Crippen molar-refractivity contribution in [3.8, 4) is 0 Å². The maximum absolute atomic E-state index is 5.77. The van der Waals surface area contributed by atoms with Crippen LogP contribution in [0.15, 0.2) is 0 Å². The van der Waals surface area contributed by atoms with Crippen LogP contribution >= 0.6 is 0 Å². The fraction of sp³-hybridized carbons (Fsp3) is 1.00. The summed E-state index contributed by atoms with van der Waals surface area (Å²) < 4.78 is 5.77. The Morgan fingerprint density at radius 2 is 2.14 bits per heavy atom. The minimum atomic E-state index is 0.353. The lowest BCUT2D eigenvalue weighted by Gasteiger charge is -2.38. The maximum atomic E-state index is 5.77. The first kappa shape index (κ1) is 12.0. The van der Waals surface area contributed by atoms with Crippen LogP contribution in [-0.4, -0.2) is 49.3 Å². The van der Waals surface area contributed by atoms with Crippen LogP contribution in [0.3, 0.4) is 0 Å². The predicted molar refractivity (Wildman–Crippen MR) is 59.6 cm³/mol. The summed E-state index contributed by atoms with van der Waals surface area (Å²) in [6.45, 7) is 12.9. The van der Waals surface area contributed by atoms with E-state index in [2.05, 4.69) is 37.9 Å². The molecular formula is C11H24N2O. The van der Waals surface area contributed by atoms with Crippen molar-refractivity contribution in [1.82, 2.24) is 10.2 Å². The Kier molecular flexibility index (Phi) is 4.85. The molecule has 84 valence electrons. The molecule has 1 rings (SSSR count). The molecule has 3 nitrogen and oxygen atoms in total. The summed E-state index contributed by atoms with van der Waals surface area (Å²) in [7, 11) is 0. The van der Waals surface area contributed by atoms with Crippen LogP contribution in [0.25, 0.3) is 0 Å². The summed E-state index contributed by atoms with van der Waals surface area (Å²) in [4.78, 5) is 2.49. The fourth-order valence-corrected chi connectivity index (χ4v) is 1.92. The van der Waals surface area contributed by atoms with E-state index in [4.69, 9.17) is 4.74 Å². The summed E-state index contributed by atoms with van der Waals surface area (Å²) >= 11 is 0. The molecule has 1 aliphatic rings. The van der Waals surface area contributed by atoms with Crippen molar-refractivity contribution in [3.05, 3.63) is 0 Å². The van der Waals surface area contributed by atoms with E-state index in [9.17, 15) is 0 Å². The highest BCUT2D eigenvalue weighted by atomic mass is 16.5. The van der Waals surface area contributed by atoms with E-state index in [1.165, 1.54) is 0 Å². The number of likely N-dealkylation sites (N-methyl/N-ethyl adjacent to an activating group) is 1. The van der Waals surface area contributed by atoms with Gasteiger partial charge in [0.25, 0.3) is 0 Å². The lowest BCUT2D eigenvalue weighted by molar-refractivity contribution is -0.0522. The van der Waals surface area contributed by atoms with Gasteiger partial charge < -0.3 is 10.1 Å². The van der Waals surface area contributed by atoms with Gasteiger partial charge in [0.1, 0.15) is 0 Å². The first-order valence-corrected chi connectivity index (χ1v) is 5.74. The zero-order valence-corrected chi connectivity index (χ0v) is 9.92. The Morgan fingerprint density at radius 1 is 1.43 bits per heavy atom. The van der Waals surface area contributed by atoms with Crippen molar-refractivity contribution in [2.24, 2.45) is 0 Å². The van der Waals surface area contributed by atoms with Gasteiger partial charge in [-0.05, 0) is 27.3 Å². The Labute approximate surface area is 87.8 Å². The molecule has 0 aromatic carbocycles. The third-order valence-electron chi connectivity index (χ3n) is 2.94. The Balaban J connectivity index is 2.39. The van der Waals surface area contributed by atoms with Crippen LogP contribution in [0, 0.1) is 0 Å². The van der Waals surface area contributed by atoms with Crippen molar-refractivity contribution in [2.45, 2.75) is 45.9 Å². The molecule has 0 bridgehead atoms. The average Bonchev–Trinajstić information content (AvgIpc) is 2.18. The van der Waals surface area contributed by atoms with Gasteiger partial charge >= 0.3 is 0 Å². The second kappa shape index (κ2) is 5.69. The Bertz CT molecular complexity index is 161. The molecule has 1 N–H and O–H groups in total. The minimum Gasteiger partial charge on any atom is -0.374 e. The summed E-state index contributed by atoms with van der Waals surface area (Å²) in [5.41, 5.74) is 0. The highest BCUT2D eigenvalue weighted by Gasteiger charge is 2.25. The molecule has 1 aliphatic heterocycles. The first-order chi connectivity index (χ1) is 6.65. The highest BCUT2D eigenvalue weighted by molar-refractivity contribution is 4.80. The predicted octanol–water partition coefficient (Wildman–Crippen LogP) is 1.09. The molecule has 1 fully saturated rings. The summed E-state index contributed by atoms with van der Waals surface area (Å²) in [6.07, 6.45) is 0.353. The van der Waals surface area contributed by atoms with Crippen LogP contribution < -0.4 is 5.32 Å². The van der Waals surface area contributed by atoms with Gasteiger partial charge in [0.15, 0.2) is 0 Å². The Hall–Kier alpha value is -0.120. The highest BCUT2D eigenvalue weighted by Crippen LogP contribution is 2.11. The minimum absolute atomic E-state index is 0.353. The van der Waals surface area contributed by atoms with E-state index in [0.29, 0.717) is 18.2 Å². The van der Waals surface area contributed by atoms with Crippen molar-refractivity contribution in [3.63, 3.8) is 0 Å². The van der Waals surface area contributed by atoms with E-state index in [-0.39, 0.29) is 0 Å². The molecule has 0 saturated carbocycles. The molecule has 1 heterocycles. The first-order valence-electron chi connectivity index (χ1n) is 5.74. The molecular weight excluding hydrogens is 176 g/mol. The van der Waals surface area contributed by atoms with E-state index in [1.54, 1.807) is 0 Å². The van der Waals surface area contributed by atoms with E-state index < -0.39 is 0 Å². The van der Waals surface area contributed by atoms with Crippen LogP contribution in [0.1, 0.15) is 27.7 Å². The number of hydrogen-bond acceptors (Lipinski definition) is 3. The lowest BCUT2D eigenvalue weighted by Crippen LogP contribution is -2.52. The second-order valence-electron chi connectivity index (χ2n) is 4.34. The van der Waals surface area contributed by atoms with Crippen molar-refractivity contribution in [2.75, 3.05) is 26.2 Å². The summed E-state index contributed by atoms with van der Waals surface area (Å²) in [5.74, 6) is 0. The number of morpholine rings is 1. The third kappa shape index (κ3) is 3.23. The monoisotopic (exact) mass is 200 g/mol. The summed E-state index contributed by atoms with van der Waals surface area (Å²) in [5, 5.41) is 3.42. The van der Waals surface area contributed by atoms with Gasteiger partial charge in [-0.25, -0.2) is 0 Å². The molecule has 3 heteroatoms. The lowest BCUT2D eigenvalue weighted by atomic mass is 10.1. The topological polar surface area (TPSA) is 24.5 Å². The molecule has 2 atom stereocenters. The third-order valence-corrected chi connectivity index (χ3v) is 2.94. The molecule has 1 saturated heterocycles. The average molecular weight is 200 g/mol. The Morgan fingerprint density at radius 3 is 2.71 bits per heavy atom. The zero-order chi connectivity index (χ0) is 10.6. The van der Waals surface area contributed by atoms with Crippen molar-refractivity contribution < 1.29 is 4.74 Å². The van der Waals surface area contributed by atoms with Gasteiger partial charge in [0, 0.05) is 25.2 Å². The zero-order valence-electron chi connectivity index (χ0n) is 9.92. The second-order valence-corrected chi connectivity index (χ2v) is 4.34. The maximum Gasteiger partial charge on any atom is 0.0852 e.